The average molecular weight is 331 g/mol. The van der Waals surface area contributed by atoms with Crippen molar-refractivity contribution >= 4 is 21.3 Å². The molecule has 120 valence electrons. The zero-order chi connectivity index (χ0) is 16.0. The topological polar surface area (TPSA) is 87.3 Å². The number of fused-ring (bicyclic) bond motifs is 2. The van der Waals surface area contributed by atoms with Gasteiger partial charge in [-0.3, -0.25) is 4.79 Å². The first kappa shape index (κ1) is 14.4. The quantitative estimate of drug-likeness (QED) is 0.870. The van der Waals surface area contributed by atoms with Crippen LogP contribution in [-0.2, 0) is 22.6 Å². The molecule has 1 unspecified atom stereocenters. The van der Waals surface area contributed by atoms with E-state index < -0.39 is 9.73 Å². The highest BCUT2D eigenvalue weighted by Gasteiger charge is 2.33. The van der Waals surface area contributed by atoms with Gasteiger partial charge in [-0.2, -0.15) is 0 Å². The van der Waals surface area contributed by atoms with E-state index in [0.717, 1.165) is 37.0 Å². The molecule has 1 aliphatic carbocycles. The summed E-state index contributed by atoms with van der Waals surface area (Å²) < 4.78 is 25.8. The molecule has 7 heteroatoms. The third kappa shape index (κ3) is 2.26. The van der Waals surface area contributed by atoms with E-state index in [1.807, 2.05) is 0 Å². The molecule has 6 nitrogen and oxygen atoms in total. The second-order valence-electron chi connectivity index (χ2n) is 5.94. The fraction of sp³-hybridized carbons (Fsp3) is 0.375. The SMILES string of the molecule is N=S1(=O)CCN(C(=O)c2noc3c2CCCC3)c2ccccc21. The van der Waals surface area contributed by atoms with Gasteiger partial charge in [-0.1, -0.05) is 17.3 Å². The van der Waals surface area contributed by atoms with Gasteiger partial charge in [0.1, 0.15) is 5.76 Å². The van der Waals surface area contributed by atoms with E-state index in [-0.39, 0.29) is 18.2 Å². The van der Waals surface area contributed by atoms with Crippen LogP contribution in [0.15, 0.2) is 33.7 Å². The van der Waals surface area contributed by atoms with Crippen LogP contribution >= 0.6 is 0 Å². The lowest BCUT2D eigenvalue weighted by molar-refractivity contribution is 0.0978. The molecule has 0 spiro atoms. The summed E-state index contributed by atoms with van der Waals surface area (Å²) in [6, 6.07) is 6.95. The maximum absolute atomic E-state index is 13.0. The minimum absolute atomic E-state index is 0.149. The van der Waals surface area contributed by atoms with Crippen molar-refractivity contribution in [3.8, 4) is 0 Å². The maximum Gasteiger partial charge on any atom is 0.280 e. The van der Waals surface area contributed by atoms with Gasteiger partial charge in [-0.15, -0.1) is 0 Å². The van der Waals surface area contributed by atoms with E-state index in [0.29, 0.717) is 16.3 Å². The minimum Gasteiger partial charge on any atom is -0.360 e. The molecule has 23 heavy (non-hydrogen) atoms. The zero-order valence-electron chi connectivity index (χ0n) is 12.6. The largest absolute Gasteiger partial charge is 0.360 e. The third-order valence-corrected chi connectivity index (χ3v) is 6.32. The summed E-state index contributed by atoms with van der Waals surface area (Å²) in [6.45, 7) is 0.264. The fourth-order valence-corrected chi connectivity index (χ4v) is 4.77. The normalized spacial score (nSPS) is 23.2. The summed E-state index contributed by atoms with van der Waals surface area (Å²) in [6.07, 6.45) is 3.73. The van der Waals surface area contributed by atoms with E-state index in [9.17, 15) is 9.00 Å². The van der Waals surface area contributed by atoms with Crippen molar-refractivity contribution in [2.45, 2.75) is 30.6 Å². The summed E-state index contributed by atoms with van der Waals surface area (Å²) in [4.78, 5) is 15.0. The summed E-state index contributed by atoms with van der Waals surface area (Å²) in [5.74, 6) is 0.740. The van der Waals surface area contributed by atoms with Crippen molar-refractivity contribution in [3.63, 3.8) is 0 Å². The lowest BCUT2D eigenvalue weighted by Crippen LogP contribution is -2.40. The zero-order valence-corrected chi connectivity index (χ0v) is 13.4. The first-order chi connectivity index (χ1) is 11.1. The van der Waals surface area contributed by atoms with E-state index in [1.54, 1.807) is 29.2 Å². The molecule has 0 saturated carbocycles. The molecule has 1 N–H and O–H groups in total. The monoisotopic (exact) mass is 331 g/mol. The average Bonchev–Trinajstić information content (AvgIpc) is 2.99. The van der Waals surface area contributed by atoms with Crippen LogP contribution in [0, 0.1) is 4.78 Å². The smallest absolute Gasteiger partial charge is 0.280 e. The summed E-state index contributed by atoms with van der Waals surface area (Å²) in [5, 5.41) is 4.00. The van der Waals surface area contributed by atoms with Crippen molar-refractivity contribution in [1.82, 2.24) is 5.16 Å². The number of benzene rings is 1. The minimum atomic E-state index is -2.83. The van der Waals surface area contributed by atoms with Gasteiger partial charge < -0.3 is 9.42 Å². The van der Waals surface area contributed by atoms with Crippen LogP contribution in [-0.4, -0.2) is 27.6 Å². The molecule has 4 rings (SSSR count). The first-order valence-electron chi connectivity index (χ1n) is 7.73. The molecule has 0 bridgehead atoms. The number of carbonyl (C=O) groups is 1. The fourth-order valence-electron chi connectivity index (χ4n) is 3.30. The number of aromatic nitrogens is 1. The molecule has 2 heterocycles. The van der Waals surface area contributed by atoms with Crippen molar-refractivity contribution in [1.29, 1.82) is 4.78 Å². The third-order valence-electron chi connectivity index (χ3n) is 4.51. The highest BCUT2D eigenvalue weighted by molar-refractivity contribution is 7.92. The molecule has 1 aliphatic heterocycles. The van der Waals surface area contributed by atoms with E-state index >= 15 is 0 Å². The van der Waals surface area contributed by atoms with Gasteiger partial charge >= 0.3 is 0 Å². The van der Waals surface area contributed by atoms with E-state index in [1.165, 1.54) is 0 Å². The Hall–Kier alpha value is -2.15. The standard InChI is InChI=1S/C16H17N3O3S/c17-23(21)10-9-19(12-6-2-4-8-14(12)23)16(20)15-11-5-1-3-7-13(11)22-18-15/h2,4,6,8,17H,1,3,5,7,9-10H2. The van der Waals surface area contributed by atoms with Gasteiger partial charge in [0.2, 0.25) is 0 Å². The Balaban J connectivity index is 1.77. The molecule has 2 aliphatic rings. The van der Waals surface area contributed by atoms with E-state index in [4.69, 9.17) is 9.30 Å². The van der Waals surface area contributed by atoms with Gasteiger partial charge in [-0.25, -0.2) is 8.99 Å². The predicted molar refractivity (Wildman–Crippen MR) is 85.3 cm³/mol. The molecular formula is C16H17N3O3S. The number of aryl methyl sites for hydroxylation is 1. The second kappa shape index (κ2) is 5.19. The molecular weight excluding hydrogens is 314 g/mol. The Bertz CT molecular complexity index is 886. The number of nitrogens with zero attached hydrogens (tertiary/aromatic N) is 2. The summed E-state index contributed by atoms with van der Waals surface area (Å²) >= 11 is 0. The van der Waals surface area contributed by atoms with Gasteiger partial charge in [-0.05, 0) is 31.4 Å². The van der Waals surface area contributed by atoms with Gasteiger partial charge in [0, 0.05) is 18.5 Å². The molecule has 0 saturated heterocycles. The summed E-state index contributed by atoms with van der Waals surface area (Å²) in [5.41, 5.74) is 1.83. The van der Waals surface area contributed by atoms with Crippen LogP contribution in [0.4, 0.5) is 5.69 Å². The highest BCUT2D eigenvalue weighted by Crippen LogP contribution is 2.33. The summed E-state index contributed by atoms with van der Waals surface area (Å²) in [7, 11) is -2.83. The Morgan fingerprint density at radius 2 is 2.04 bits per heavy atom. The highest BCUT2D eigenvalue weighted by atomic mass is 32.2. The van der Waals surface area contributed by atoms with Gasteiger partial charge in [0.25, 0.3) is 5.91 Å². The molecule has 1 aromatic heterocycles. The number of nitrogens with one attached hydrogen (secondary N) is 1. The number of anilines is 1. The Morgan fingerprint density at radius 3 is 2.91 bits per heavy atom. The number of rotatable bonds is 1. The number of carbonyl (C=O) groups excluding carboxylic acids is 1. The van der Waals surface area contributed by atoms with Crippen LogP contribution in [0.2, 0.25) is 0 Å². The molecule has 0 fully saturated rings. The van der Waals surface area contributed by atoms with Crippen molar-refractivity contribution in [2.75, 3.05) is 17.2 Å². The van der Waals surface area contributed by atoms with Crippen molar-refractivity contribution in [3.05, 3.63) is 41.3 Å². The van der Waals surface area contributed by atoms with Crippen molar-refractivity contribution < 1.29 is 13.5 Å². The van der Waals surface area contributed by atoms with Crippen LogP contribution in [0.1, 0.15) is 34.7 Å². The maximum atomic E-state index is 13.0. The van der Waals surface area contributed by atoms with Crippen LogP contribution in [0.3, 0.4) is 0 Å². The number of hydrogen-bond acceptors (Lipinski definition) is 5. The molecule has 2 aromatic rings. The van der Waals surface area contributed by atoms with Gasteiger partial charge in [0.05, 0.1) is 26.1 Å². The molecule has 1 atom stereocenters. The predicted octanol–water partition coefficient (Wildman–Crippen LogP) is 2.62. The van der Waals surface area contributed by atoms with Crippen LogP contribution in [0.25, 0.3) is 0 Å². The van der Waals surface area contributed by atoms with Crippen LogP contribution in [0.5, 0.6) is 0 Å². The molecule has 1 aromatic carbocycles. The second-order valence-corrected chi connectivity index (χ2v) is 8.14. The number of para-hydroxylation sites is 1. The van der Waals surface area contributed by atoms with Crippen molar-refractivity contribution in [2.24, 2.45) is 0 Å². The van der Waals surface area contributed by atoms with Crippen LogP contribution < -0.4 is 4.90 Å². The Morgan fingerprint density at radius 1 is 1.26 bits per heavy atom. The lowest BCUT2D eigenvalue weighted by atomic mass is 9.96. The number of amides is 1. The molecule has 1 amide bonds. The molecule has 0 radical (unpaired) electrons. The van der Waals surface area contributed by atoms with Gasteiger partial charge in [0.15, 0.2) is 5.69 Å². The Labute approximate surface area is 134 Å². The first-order valence-corrected chi connectivity index (χ1v) is 9.45. The Kier molecular flexibility index (Phi) is 3.26. The number of hydrogen-bond donors (Lipinski definition) is 1. The lowest BCUT2D eigenvalue weighted by Gasteiger charge is -2.30. The van der Waals surface area contributed by atoms with E-state index in [2.05, 4.69) is 5.16 Å².